The monoisotopic (exact) mass is 122 g/mol. The predicted molar refractivity (Wildman–Crippen MR) is 42.8 cm³/mol. The second kappa shape index (κ2) is 3.49. The van der Waals surface area contributed by atoms with Crippen molar-refractivity contribution in [1.29, 1.82) is 0 Å². The number of hydrogen-bond donors (Lipinski definition) is 0. The van der Waals surface area contributed by atoms with Crippen molar-refractivity contribution in [2.24, 2.45) is 5.41 Å². The van der Waals surface area contributed by atoms with Gasteiger partial charge in [0.2, 0.25) is 0 Å². The van der Waals surface area contributed by atoms with Crippen molar-refractivity contribution in [2.45, 2.75) is 12.8 Å². The van der Waals surface area contributed by atoms with E-state index in [1.807, 2.05) is 12.2 Å². The topological polar surface area (TPSA) is 0 Å². The zero-order chi connectivity index (χ0) is 7.33. The smallest absolute Gasteiger partial charge is 0.0228 e. The van der Waals surface area contributed by atoms with Crippen LogP contribution in [-0.2, 0) is 0 Å². The Bertz CT molecular complexity index is 86.6. The fourth-order valence-corrected chi connectivity index (χ4v) is 0.696. The van der Waals surface area contributed by atoms with E-state index in [0.717, 1.165) is 12.8 Å². The minimum absolute atomic E-state index is 0.135. The van der Waals surface area contributed by atoms with Crippen LogP contribution in [0.3, 0.4) is 0 Å². The van der Waals surface area contributed by atoms with Gasteiger partial charge in [0.1, 0.15) is 0 Å². The van der Waals surface area contributed by atoms with Gasteiger partial charge in [-0.05, 0) is 32.1 Å². The third kappa shape index (κ3) is 4.01. The first-order valence-corrected chi connectivity index (χ1v) is 3.05. The van der Waals surface area contributed by atoms with E-state index >= 15 is 0 Å². The summed E-state index contributed by atoms with van der Waals surface area (Å²) in [5.41, 5.74) is -0.135. The van der Waals surface area contributed by atoms with Gasteiger partial charge < -0.3 is 0 Å². The van der Waals surface area contributed by atoms with E-state index in [9.17, 15) is 0 Å². The standard InChI is InChI=1S/C9H14/c1-5-7-9(3,4)8-6-2/h5-6H,1-4,7-8H2. The van der Waals surface area contributed by atoms with Gasteiger partial charge in [0.25, 0.3) is 0 Å². The van der Waals surface area contributed by atoms with Crippen LogP contribution in [0.15, 0.2) is 25.3 Å². The first-order chi connectivity index (χ1) is 4.12. The highest BCUT2D eigenvalue weighted by atomic mass is 14.2. The molecule has 9 heavy (non-hydrogen) atoms. The fraction of sp³-hybridized carbons (Fsp3) is 0.333. The molecule has 0 aliphatic carbocycles. The van der Waals surface area contributed by atoms with E-state index in [2.05, 4.69) is 27.0 Å². The summed E-state index contributed by atoms with van der Waals surface area (Å²) < 4.78 is 0. The largest absolute Gasteiger partial charge is 0.103 e. The van der Waals surface area contributed by atoms with Gasteiger partial charge in [0.15, 0.2) is 0 Å². The van der Waals surface area contributed by atoms with E-state index in [1.165, 1.54) is 0 Å². The summed E-state index contributed by atoms with van der Waals surface area (Å²) in [6.45, 7) is 15.0. The number of allylic oxidation sites excluding steroid dienone is 2. The summed E-state index contributed by atoms with van der Waals surface area (Å²) in [6, 6.07) is 0. The second-order valence-electron chi connectivity index (χ2n) is 2.49. The summed E-state index contributed by atoms with van der Waals surface area (Å²) in [7, 11) is 0. The summed E-state index contributed by atoms with van der Waals surface area (Å²) in [5, 5.41) is 0. The van der Waals surface area contributed by atoms with Crippen molar-refractivity contribution in [2.75, 3.05) is 0 Å². The first-order valence-electron chi connectivity index (χ1n) is 3.05. The van der Waals surface area contributed by atoms with E-state index in [4.69, 9.17) is 0 Å². The molecule has 0 atom stereocenters. The van der Waals surface area contributed by atoms with E-state index in [0.29, 0.717) is 0 Å². The number of hydrogen-bond acceptors (Lipinski definition) is 0. The van der Waals surface area contributed by atoms with Crippen LogP contribution in [0.2, 0.25) is 0 Å². The Labute approximate surface area is 58.3 Å². The molecule has 0 unspecified atom stereocenters. The van der Waals surface area contributed by atoms with Gasteiger partial charge in [-0.15, -0.1) is 13.2 Å². The normalized spacial score (nSPS) is 10.9. The molecule has 0 aliphatic rings. The van der Waals surface area contributed by atoms with Crippen LogP contribution in [0.25, 0.3) is 0 Å². The highest BCUT2D eigenvalue weighted by Gasteiger charge is 2.12. The second-order valence-corrected chi connectivity index (χ2v) is 2.49. The SMILES string of the molecule is [CH2]C([CH2])(CC=C)CC=C. The molecule has 0 amide bonds. The van der Waals surface area contributed by atoms with Crippen LogP contribution in [0.5, 0.6) is 0 Å². The molecule has 0 heterocycles. The van der Waals surface area contributed by atoms with Crippen molar-refractivity contribution in [3.63, 3.8) is 0 Å². The lowest BCUT2D eigenvalue weighted by molar-refractivity contribution is 0.498. The lowest BCUT2D eigenvalue weighted by atomic mass is 9.86. The Morgan fingerprint density at radius 1 is 1.00 bits per heavy atom. The Morgan fingerprint density at radius 2 is 1.33 bits per heavy atom. The van der Waals surface area contributed by atoms with Crippen LogP contribution in [0.1, 0.15) is 12.8 Å². The van der Waals surface area contributed by atoms with Gasteiger partial charge in [0, 0.05) is 0 Å². The minimum Gasteiger partial charge on any atom is -0.103 e. The minimum atomic E-state index is -0.135. The first kappa shape index (κ1) is 8.48. The molecule has 2 radical (unpaired) electrons. The lowest BCUT2D eigenvalue weighted by Gasteiger charge is -2.19. The molecule has 0 saturated carbocycles. The van der Waals surface area contributed by atoms with Gasteiger partial charge in [-0.3, -0.25) is 0 Å². The molecule has 0 saturated heterocycles. The predicted octanol–water partition coefficient (Wildman–Crippen LogP) is 2.79. The Hall–Kier alpha value is -0.520. The lowest BCUT2D eigenvalue weighted by Crippen LogP contribution is -2.08. The average molecular weight is 122 g/mol. The Kier molecular flexibility index (Phi) is 3.29. The summed E-state index contributed by atoms with van der Waals surface area (Å²) >= 11 is 0. The van der Waals surface area contributed by atoms with Gasteiger partial charge in [0.05, 0.1) is 0 Å². The molecule has 0 N–H and O–H groups in total. The molecule has 0 spiro atoms. The van der Waals surface area contributed by atoms with Crippen LogP contribution in [-0.4, -0.2) is 0 Å². The molecule has 0 bridgehead atoms. The molecule has 50 valence electrons. The quantitative estimate of drug-likeness (QED) is 0.503. The molecular formula is C9H14. The van der Waals surface area contributed by atoms with Gasteiger partial charge >= 0.3 is 0 Å². The van der Waals surface area contributed by atoms with Crippen molar-refractivity contribution < 1.29 is 0 Å². The van der Waals surface area contributed by atoms with Crippen LogP contribution in [0, 0.1) is 19.3 Å². The third-order valence-corrected chi connectivity index (χ3v) is 1.15. The van der Waals surface area contributed by atoms with E-state index < -0.39 is 0 Å². The van der Waals surface area contributed by atoms with E-state index in [-0.39, 0.29) is 5.41 Å². The maximum Gasteiger partial charge on any atom is -0.0228 e. The van der Waals surface area contributed by atoms with Crippen molar-refractivity contribution in [3.05, 3.63) is 39.2 Å². The summed E-state index contributed by atoms with van der Waals surface area (Å²) in [6.07, 6.45) is 5.37. The van der Waals surface area contributed by atoms with E-state index in [1.54, 1.807) is 0 Å². The molecule has 0 aromatic carbocycles. The number of rotatable bonds is 4. The maximum absolute atomic E-state index is 3.90. The van der Waals surface area contributed by atoms with Gasteiger partial charge in [-0.25, -0.2) is 0 Å². The third-order valence-electron chi connectivity index (χ3n) is 1.15. The maximum atomic E-state index is 3.90. The summed E-state index contributed by atoms with van der Waals surface area (Å²) in [5.74, 6) is 0. The van der Waals surface area contributed by atoms with Gasteiger partial charge in [-0.1, -0.05) is 12.2 Å². The van der Waals surface area contributed by atoms with Crippen LogP contribution >= 0.6 is 0 Å². The molecular weight excluding hydrogens is 108 g/mol. The highest BCUT2D eigenvalue weighted by molar-refractivity contribution is 4.94. The average Bonchev–Trinajstić information content (AvgIpc) is 1.64. The zero-order valence-electron chi connectivity index (χ0n) is 5.90. The Balaban J connectivity index is 3.68. The summed E-state index contributed by atoms with van der Waals surface area (Å²) in [4.78, 5) is 0. The fourth-order valence-electron chi connectivity index (χ4n) is 0.696. The zero-order valence-corrected chi connectivity index (χ0v) is 5.90. The van der Waals surface area contributed by atoms with Gasteiger partial charge in [-0.2, -0.15) is 0 Å². The highest BCUT2D eigenvalue weighted by Crippen LogP contribution is 2.23. The Morgan fingerprint density at radius 3 is 1.56 bits per heavy atom. The molecule has 0 heteroatoms. The molecule has 0 aliphatic heterocycles. The molecule has 0 nitrogen and oxygen atoms in total. The van der Waals surface area contributed by atoms with Crippen LogP contribution in [0.4, 0.5) is 0 Å². The van der Waals surface area contributed by atoms with Crippen LogP contribution < -0.4 is 0 Å². The van der Waals surface area contributed by atoms with Crippen molar-refractivity contribution in [1.82, 2.24) is 0 Å². The molecule has 0 aromatic heterocycles. The molecule has 0 fully saturated rings. The molecule has 0 rings (SSSR count). The van der Waals surface area contributed by atoms with Crippen molar-refractivity contribution >= 4 is 0 Å². The van der Waals surface area contributed by atoms with Crippen molar-refractivity contribution in [3.8, 4) is 0 Å². The molecule has 0 aromatic rings.